The van der Waals surface area contributed by atoms with Crippen molar-refractivity contribution >= 4 is 35.6 Å². The van der Waals surface area contributed by atoms with Crippen molar-refractivity contribution in [2.45, 2.75) is 25.7 Å². The average Bonchev–Trinajstić information content (AvgIpc) is 3.10. The van der Waals surface area contributed by atoms with Gasteiger partial charge in [0.2, 0.25) is 23.6 Å². The normalized spacial score (nSPS) is 34.0. The number of carboxylic acids is 2. The van der Waals surface area contributed by atoms with Gasteiger partial charge in [-0.25, -0.2) is 0 Å². The van der Waals surface area contributed by atoms with Crippen molar-refractivity contribution < 1.29 is 39.0 Å². The number of amides is 4. The number of aliphatic carboxylic acids is 2. The lowest BCUT2D eigenvalue weighted by Crippen LogP contribution is -2.50. The van der Waals surface area contributed by atoms with Crippen LogP contribution >= 0.6 is 0 Å². The molecule has 5 aliphatic rings. The lowest BCUT2D eigenvalue weighted by molar-refractivity contribution is -0.143. The molecule has 2 saturated heterocycles. The average molecular weight is 418 g/mol. The molecular formula is C20H22N2O8. The van der Waals surface area contributed by atoms with Crippen LogP contribution in [0.15, 0.2) is 12.2 Å². The van der Waals surface area contributed by atoms with Gasteiger partial charge in [0.15, 0.2) is 0 Å². The van der Waals surface area contributed by atoms with Crippen LogP contribution < -0.4 is 0 Å². The molecule has 0 aromatic carbocycles. The SMILES string of the molecule is O=C(O)CCCN1C(=O)[C@@H]2C3C=CC([C@H]2C1=O)[C@H]1C(=O)N(CCCC(=O)O)C(=O)[C@H]31. The Hall–Kier alpha value is -3.04. The van der Waals surface area contributed by atoms with E-state index in [2.05, 4.69) is 0 Å². The van der Waals surface area contributed by atoms with Crippen LogP contribution in [-0.2, 0) is 28.8 Å². The first kappa shape index (κ1) is 20.2. The van der Waals surface area contributed by atoms with E-state index in [0.717, 1.165) is 9.80 Å². The highest BCUT2D eigenvalue weighted by Gasteiger charge is 2.68. The maximum Gasteiger partial charge on any atom is 0.303 e. The Balaban J connectivity index is 1.55. The second-order valence-corrected chi connectivity index (χ2v) is 8.29. The number of hydrogen-bond donors (Lipinski definition) is 2. The summed E-state index contributed by atoms with van der Waals surface area (Å²) in [6, 6.07) is 0. The summed E-state index contributed by atoms with van der Waals surface area (Å²) in [6.07, 6.45) is 3.49. The van der Waals surface area contributed by atoms with Gasteiger partial charge in [0.05, 0.1) is 23.7 Å². The van der Waals surface area contributed by atoms with Crippen LogP contribution in [0, 0.1) is 35.5 Å². The molecule has 3 fully saturated rings. The minimum absolute atomic E-state index is 0.00888. The molecule has 0 unspecified atom stereocenters. The molecule has 160 valence electrons. The number of carbonyl (C=O) groups excluding carboxylic acids is 4. The molecule has 4 amide bonds. The van der Waals surface area contributed by atoms with Gasteiger partial charge in [0.25, 0.3) is 0 Å². The lowest BCUT2D eigenvalue weighted by Gasteiger charge is -2.44. The van der Waals surface area contributed by atoms with Crippen LogP contribution in [0.3, 0.4) is 0 Å². The van der Waals surface area contributed by atoms with Gasteiger partial charge in [-0.2, -0.15) is 0 Å². The second kappa shape index (κ2) is 7.33. The summed E-state index contributed by atoms with van der Waals surface area (Å²) in [5.74, 6) is -7.62. The van der Waals surface area contributed by atoms with E-state index in [1.165, 1.54) is 0 Å². The number of carbonyl (C=O) groups is 6. The molecule has 10 heteroatoms. The minimum atomic E-state index is -1.01. The van der Waals surface area contributed by atoms with Gasteiger partial charge in [0, 0.05) is 37.8 Å². The van der Waals surface area contributed by atoms with Gasteiger partial charge in [0.1, 0.15) is 0 Å². The van der Waals surface area contributed by atoms with Crippen molar-refractivity contribution in [3.05, 3.63) is 12.2 Å². The Morgan fingerprint density at radius 2 is 0.967 bits per heavy atom. The van der Waals surface area contributed by atoms with Crippen molar-refractivity contribution in [1.82, 2.24) is 9.80 Å². The van der Waals surface area contributed by atoms with Crippen LogP contribution in [0.2, 0.25) is 0 Å². The number of allylic oxidation sites excluding steroid dienone is 2. The Labute approximate surface area is 171 Å². The van der Waals surface area contributed by atoms with E-state index in [1.807, 2.05) is 0 Å². The van der Waals surface area contributed by atoms with Crippen molar-refractivity contribution in [2.24, 2.45) is 35.5 Å². The van der Waals surface area contributed by atoms with Gasteiger partial charge in [-0.15, -0.1) is 0 Å². The van der Waals surface area contributed by atoms with Crippen LogP contribution in [0.4, 0.5) is 0 Å². The summed E-state index contributed by atoms with van der Waals surface area (Å²) in [6.45, 7) is 0.0178. The third-order valence-corrected chi connectivity index (χ3v) is 6.74. The molecule has 2 heterocycles. The zero-order valence-corrected chi connectivity index (χ0v) is 16.1. The maximum absolute atomic E-state index is 13.0. The van der Waals surface area contributed by atoms with E-state index in [9.17, 15) is 28.8 Å². The Bertz CT molecular complexity index is 766. The molecule has 0 spiro atoms. The van der Waals surface area contributed by atoms with Gasteiger partial charge >= 0.3 is 11.9 Å². The molecule has 0 radical (unpaired) electrons. The summed E-state index contributed by atoms with van der Waals surface area (Å²) >= 11 is 0. The quantitative estimate of drug-likeness (QED) is 0.404. The molecule has 2 bridgehead atoms. The fourth-order valence-electron chi connectivity index (χ4n) is 5.57. The van der Waals surface area contributed by atoms with E-state index < -0.39 is 71.1 Å². The molecule has 0 aromatic rings. The van der Waals surface area contributed by atoms with Crippen molar-refractivity contribution in [3.8, 4) is 0 Å². The van der Waals surface area contributed by atoms with Crippen molar-refractivity contribution in [1.29, 1.82) is 0 Å². The Morgan fingerprint density at radius 1 is 0.667 bits per heavy atom. The fourth-order valence-corrected chi connectivity index (χ4v) is 5.57. The van der Waals surface area contributed by atoms with E-state index in [4.69, 9.17) is 10.2 Å². The van der Waals surface area contributed by atoms with Gasteiger partial charge in [-0.3, -0.25) is 38.6 Å². The lowest BCUT2D eigenvalue weighted by atomic mass is 9.54. The monoisotopic (exact) mass is 418 g/mol. The highest BCUT2D eigenvalue weighted by atomic mass is 16.4. The summed E-state index contributed by atoms with van der Waals surface area (Å²) in [7, 11) is 0. The first-order valence-corrected chi connectivity index (χ1v) is 10.1. The topological polar surface area (TPSA) is 149 Å². The number of carboxylic acid groups (broad SMARTS) is 2. The van der Waals surface area contributed by atoms with Gasteiger partial charge < -0.3 is 10.2 Å². The summed E-state index contributed by atoms with van der Waals surface area (Å²) in [4.78, 5) is 75.5. The Morgan fingerprint density at radius 3 is 1.23 bits per heavy atom. The highest BCUT2D eigenvalue weighted by molar-refractivity contribution is 6.10. The standard InChI is InChI=1S/C20H22N2O8/c23-11(24)3-1-7-21-17(27)13-9-5-6-10(14(13)18(21)28)16-15(9)19(29)22(20(16)30)8-2-4-12(25)26/h5-6,9-10,13-16H,1-4,7-8H2,(H,23,24)(H,25,26)/t9?,10?,13-,14-,15-,16-/m1/s1. The van der Waals surface area contributed by atoms with Crippen LogP contribution in [0.1, 0.15) is 25.7 Å². The third-order valence-electron chi connectivity index (χ3n) is 6.74. The molecule has 2 aliphatic heterocycles. The van der Waals surface area contributed by atoms with E-state index in [0.29, 0.717) is 0 Å². The number of nitrogens with zero attached hydrogens (tertiary/aromatic N) is 2. The Kier molecular flexibility index (Phi) is 4.95. The highest BCUT2D eigenvalue weighted by Crippen LogP contribution is 2.57. The van der Waals surface area contributed by atoms with Gasteiger partial charge in [-0.05, 0) is 12.8 Å². The largest absolute Gasteiger partial charge is 0.481 e. The predicted molar refractivity (Wildman–Crippen MR) is 97.3 cm³/mol. The molecule has 1 saturated carbocycles. The number of imide groups is 2. The fraction of sp³-hybridized carbons (Fsp3) is 0.600. The molecule has 3 aliphatic carbocycles. The molecule has 0 aromatic heterocycles. The molecule has 4 atom stereocenters. The predicted octanol–water partition coefficient (Wildman–Crippen LogP) is -0.266. The van der Waals surface area contributed by atoms with Crippen molar-refractivity contribution in [2.75, 3.05) is 13.1 Å². The zero-order valence-electron chi connectivity index (χ0n) is 16.1. The molecule has 10 nitrogen and oxygen atoms in total. The van der Waals surface area contributed by atoms with Crippen LogP contribution in [0.25, 0.3) is 0 Å². The molecule has 30 heavy (non-hydrogen) atoms. The summed E-state index contributed by atoms with van der Waals surface area (Å²) in [5, 5.41) is 17.6. The van der Waals surface area contributed by atoms with Gasteiger partial charge in [-0.1, -0.05) is 12.2 Å². The third kappa shape index (κ3) is 2.93. The first-order chi connectivity index (χ1) is 14.2. The van der Waals surface area contributed by atoms with Crippen LogP contribution in [-0.4, -0.2) is 68.7 Å². The molecule has 5 rings (SSSR count). The van der Waals surface area contributed by atoms with E-state index >= 15 is 0 Å². The van der Waals surface area contributed by atoms with E-state index in [1.54, 1.807) is 12.2 Å². The second-order valence-electron chi connectivity index (χ2n) is 8.29. The zero-order chi connectivity index (χ0) is 21.7. The summed E-state index contributed by atoms with van der Waals surface area (Å²) < 4.78 is 0. The number of rotatable bonds is 8. The first-order valence-electron chi connectivity index (χ1n) is 10.1. The maximum atomic E-state index is 13.0. The smallest absolute Gasteiger partial charge is 0.303 e. The van der Waals surface area contributed by atoms with E-state index in [-0.39, 0.29) is 38.8 Å². The number of likely N-dealkylation sites (tertiary alicyclic amines) is 2. The van der Waals surface area contributed by atoms with Crippen molar-refractivity contribution in [3.63, 3.8) is 0 Å². The minimum Gasteiger partial charge on any atom is -0.481 e. The van der Waals surface area contributed by atoms with Crippen LogP contribution in [0.5, 0.6) is 0 Å². The summed E-state index contributed by atoms with van der Waals surface area (Å²) in [5.41, 5.74) is 0. The molecule has 2 N–H and O–H groups in total. The molecular weight excluding hydrogens is 396 g/mol. The number of hydrogen-bond acceptors (Lipinski definition) is 6.